The van der Waals surface area contributed by atoms with Crippen molar-refractivity contribution in [3.05, 3.63) is 75.4 Å². The summed E-state index contributed by atoms with van der Waals surface area (Å²) < 4.78 is 11.4. The highest BCUT2D eigenvalue weighted by molar-refractivity contribution is 5.99. The molecule has 0 bridgehead atoms. The quantitative estimate of drug-likeness (QED) is 0.633. The first-order chi connectivity index (χ1) is 15.1. The molecule has 31 heavy (non-hydrogen) atoms. The standard InChI is InChI=1S/C24H25N3O4/c1-16-6-7-19-17(15-16)22(28)20-21(18-5-2-3-8-25-18)27(24(29)23(20)31-19)10-4-9-26-11-13-30-14-12-26/h2-3,5-8,15,21H,4,9-14H2,1H3/t21-/m1/s1. The molecular weight excluding hydrogens is 394 g/mol. The molecular formula is C24H25N3O4. The molecule has 0 N–H and O–H groups in total. The van der Waals surface area contributed by atoms with Crippen molar-refractivity contribution in [2.24, 2.45) is 0 Å². The van der Waals surface area contributed by atoms with Gasteiger partial charge in [-0.15, -0.1) is 0 Å². The van der Waals surface area contributed by atoms with Crippen LogP contribution in [-0.2, 0) is 4.74 Å². The third-order valence-electron chi connectivity index (χ3n) is 6.07. The molecule has 0 spiro atoms. The summed E-state index contributed by atoms with van der Waals surface area (Å²) in [5.41, 5.74) is 2.34. The fraction of sp³-hybridized carbons (Fsp3) is 0.375. The molecule has 1 atom stereocenters. The summed E-state index contributed by atoms with van der Waals surface area (Å²) in [6.45, 7) is 6.64. The van der Waals surface area contributed by atoms with Crippen LogP contribution < -0.4 is 5.43 Å². The highest BCUT2D eigenvalue weighted by atomic mass is 16.5. The van der Waals surface area contributed by atoms with Crippen LogP contribution in [0.2, 0.25) is 0 Å². The fourth-order valence-corrected chi connectivity index (χ4v) is 4.50. The maximum Gasteiger partial charge on any atom is 0.290 e. The molecule has 2 aliphatic rings. The lowest BCUT2D eigenvalue weighted by atomic mass is 10.0. The number of morpholine rings is 1. The van der Waals surface area contributed by atoms with Crippen LogP contribution in [0.25, 0.3) is 11.0 Å². The topological polar surface area (TPSA) is 75.9 Å². The van der Waals surface area contributed by atoms with Gasteiger partial charge in [-0.2, -0.15) is 0 Å². The van der Waals surface area contributed by atoms with Gasteiger partial charge in [0.1, 0.15) is 11.6 Å². The van der Waals surface area contributed by atoms with Crippen LogP contribution in [0.5, 0.6) is 0 Å². The van der Waals surface area contributed by atoms with E-state index in [1.807, 2.05) is 37.3 Å². The van der Waals surface area contributed by atoms with E-state index in [1.165, 1.54) is 0 Å². The van der Waals surface area contributed by atoms with Crippen LogP contribution in [0, 0.1) is 6.92 Å². The Hall–Kier alpha value is -3.03. The zero-order valence-corrected chi connectivity index (χ0v) is 17.5. The van der Waals surface area contributed by atoms with Gasteiger partial charge in [0.2, 0.25) is 5.76 Å². The van der Waals surface area contributed by atoms with Gasteiger partial charge in [0, 0.05) is 32.4 Å². The monoisotopic (exact) mass is 419 g/mol. The van der Waals surface area contributed by atoms with Crippen molar-refractivity contribution in [1.29, 1.82) is 0 Å². The Morgan fingerprint density at radius 1 is 1.10 bits per heavy atom. The Balaban J connectivity index is 1.52. The molecule has 0 radical (unpaired) electrons. The van der Waals surface area contributed by atoms with Gasteiger partial charge >= 0.3 is 0 Å². The summed E-state index contributed by atoms with van der Waals surface area (Å²) in [6, 6.07) is 10.5. The van der Waals surface area contributed by atoms with Crippen molar-refractivity contribution in [3.63, 3.8) is 0 Å². The molecule has 1 amide bonds. The largest absolute Gasteiger partial charge is 0.450 e. The Bertz CT molecular complexity index is 1170. The molecule has 7 nitrogen and oxygen atoms in total. The van der Waals surface area contributed by atoms with Crippen molar-refractivity contribution in [3.8, 4) is 0 Å². The van der Waals surface area contributed by atoms with Crippen LogP contribution in [-0.4, -0.2) is 60.1 Å². The molecule has 1 saturated heterocycles. The van der Waals surface area contributed by atoms with Crippen LogP contribution in [0.4, 0.5) is 0 Å². The summed E-state index contributed by atoms with van der Waals surface area (Å²) in [5, 5.41) is 0.502. The summed E-state index contributed by atoms with van der Waals surface area (Å²) >= 11 is 0. The van der Waals surface area contributed by atoms with E-state index in [4.69, 9.17) is 9.15 Å². The SMILES string of the molecule is Cc1ccc2oc3c(c(=O)c2c1)[C@@H](c1ccccn1)N(CCCN1CCOCC1)C3=O. The molecule has 0 saturated carbocycles. The second kappa shape index (κ2) is 8.24. The first-order valence-corrected chi connectivity index (χ1v) is 10.7. The zero-order chi connectivity index (χ0) is 21.4. The number of aryl methyl sites for hydroxylation is 1. The first-order valence-electron chi connectivity index (χ1n) is 10.7. The molecule has 4 heterocycles. The smallest absolute Gasteiger partial charge is 0.290 e. The molecule has 2 aliphatic heterocycles. The first kappa shape index (κ1) is 19.9. The van der Waals surface area contributed by atoms with E-state index in [0.717, 1.165) is 44.8 Å². The number of benzene rings is 1. The van der Waals surface area contributed by atoms with Crippen molar-refractivity contribution in [1.82, 2.24) is 14.8 Å². The average Bonchev–Trinajstić information content (AvgIpc) is 3.08. The number of nitrogens with zero attached hydrogens (tertiary/aromatic N) is 3. The average molecular weight is 419 g/mol. The lowest BCUT2D eigenvalue weighted by Gasteiger charge is -2.28. The van der Waals surface area contributed by atoms with Crippen molar-refractivity contribution in [2.75, 3.05) is 39.4 Å². The minimum Gasteiger partial charge on any atom is -0.450 e. The normalized spacial score (nSPS) is 19.2. The molecule has 1 fully saturated rings. The third-order valence-corrected chi connectivity index (χ3v) is 6.07. The lowest BCUT2D eigenvalue weighted by molar-refractivity contribution is 0.0353. The van der Waals surface area contributed by atoms with Gasteiger partial charge in [0.15, 0.2) is 5.43 Å². The van der Waals surface area contributed by atoms with Crippen molar-refractivity contribution >= 4 is 16.9 Å². The number of rotatable bonds is 5. The van der Waals surface area contributed by atoms with Gasteiger partial charge < -0.3 is 14.1 Å². The number of amides is 1. The Labute approximate surface area is 180 Å². The summed E-state index contributed by atoms with van der Waals surface area (Å²) in [6.07, 6.45) is 2.49. The van der Waals surface area contributed by atoms with Gasteiger partial charge in [0.25, 0.3) is 5.91 Å². The van der Waals surface area contributed by atoms with Crippen LogP contribution in [0.3, 0.4) is 0 Å². The van der Waals surface area contributed by atoms with Gasteiger partial charge in [0.05, 0.1) is 29.9 Å². The maximum atomic E-state index is 13.5. The predicted octanol–water partition coefficient (Wildman–Crippen LogP) is 2.76. The molecule has 1 aromatic carbocycles. The Morgan fingerprint density at radius 2 is 1.94 bits per heavy atom. The number of fused-ring (bicyclic) bond motifs is 2. The highest BCUT2D eigenvalue weighted by Gasteiger charge is 2.43. The molecule has 2 aromatic heterocycles. The van der Waals surface area contributed by atoms with Crippen LogP contribution in [0.1, 0.15) is 39.8 Å². The number of hydrogen-bond acceptors (Lipinski definition) is 6. The summed E-state index contributed by atoms with van der Waals surface area (Å²) in [4.78, 5) is 35.4. The third kappa shape index (κ3) is 3.64. The molecule has 3 aromatic rings. The van der Waals surface area contributed by atoms with E-state index in [9.17, 15) is 9.59 Å². The molecule has 7 heteroatoms. The van der Waals surface area contributed by atoms with Gasteiger partial charge in [-0.3, -0.25) is 19.5 Å². The van der Waals surface area contributed by atoms with Gasteiger partial charge in [-0.1, -0.05) is 17.7 Å². The Kier molecular flexibility index (Phi) is 5.29. The summed E-state index contributed by atoms with van der Waals surface area (Å²) in [5.74, 6) is -0.101. The van der Waals surface area contributed by atoms with E-state index in [0.29, 0.717) is 28.8 Å². The van der Waals surface area contributed by atoms with E-state index < -0.39 is 6.04 Å². The molecule has 5 rings (SSSR count). The number of carbonyl (C=O) groups is 1. The number of aromatic nitrogens is 1. The fourth-order valence-electron chi connectivity index (χ4n) is 4.50. The number of hydrogen-bond donors (Lipinski definition) is 0. The molecule has 160 valence electrons. The van der Waals surface area contributed by atoms with E-state index in [-0.39, 0.29) is 17.1 Å². The predicted molar refractivity (Wildman–Crippen MR) is 116 cm³/mol. The van der Waals surface area contributed by atoms with E-state index in [2.05, 4.69) is 9.88 Å². The van der Waals surface area contributed by atoms with Crippen molar-refractivity contribution < 1.29 is 13.9 Å². The maximum absolute atomic E-state index is 13.5. The Morgan fingerprint density at radius 3 is 2.71 bits per heavy atom. The second-order valence-corrected chi connectivity index (χ2v) is 8.14. The van der Waals surface area contributed by atoms with Crippen LogP contribution >= 0.6 is 0 Å². The number of carbonyl (C=O) groups excluding carboxylic acids is 1. The minimum atomic E-state index is -0.533. The summed E-state index contributed by atoms with van der Waals surface area (Å²) in [7, 11) is 0. The van der Waals surface area contributed by atoms with E-state index >= 15 is 0 Å². The zero-order valence-electron chi connectivity index (χ0n) is 17.5. The number of pyridine rings is 1. The van der Waals surface area contributed by atoms with Gasteiger partial charge in [-0.25, -0.2) is 0 Å². The highest BCUT2D eigenvalue weighted by Crippen LogP contribution is 2.37. The lowest BCUT2D eigenvalue weighted by Crippen LogP contribution is -2.39. The van der Waals surface area contributed by atoms with E-state index in [1.54, 1.807) is 17.2 Å². The van der Waals surface area contributed by atoms with Crippen LogP contribution in [0.15, 0.2) is 51.8 Å². The van der Waals surface area contributed by atoms with Gasteiger partial charge in [-0.05, 0) is 37.6 Å². The second-order valence-electron chi connectivity index (χ2n) is 8.14. The number of ether oxygens (including phenoxy) is 1. The van der Waals surface area contributed by atoms with Crippen molar-refractivity contribution in [2.45, 2.75) is 19.4 Å². The minimum absolute atomic E-state index is 0.142. The molecule has 0 unspecified atom stereocenters. The molecule has 0 aliphatic carbocycles.